The molecule has 1 aliphatic heterocycles. The van der Waals surface area contributed by atoms with Gasteiger partial charge in [0.1, 0.15) is 17.1 Å². The monoisotopic (exact) mass is 468 g/mol. The summed E-state index contributed by atoms with van der Waals surface area (Å²) in [6.45, 7) is 4.33. The number of rotatable bonds is 8. The summed E-state index contributed by atoms with van der Waals surface area (Å²) in [6, 6.07) is 10.0. The fraction of sp³-hybridized carbons (Fsp3) is 0.556. The number of methoxy groups -OCH3 is 2. The predicted octanol–water partition coefficient (Wildman–Crippen LogP) is 3.84. The average Bonchev–Trinajstić information content (AvgIpc) is 3.26. The lowest BCUT2D eigenvalue weighted by Gasteiger charge is -2.27. The standard InChI is InChI=1S/C27H36N2O5/c1-19(8-9-20-10-12-21(32-2)13-11-20)28-15-14-23-26(27(31)33-3)24(34-22-6-4-5-7-22)18-25(30)29(23)17-16-28/h10-13,18-19,22H,4-9,14-17H2,1-3H3. The summed E-state index contributed by atoms with van der Waals surface area (Å²) in [7, 11) is 3.06. The number of nitrogens with zero attached hydrogens (tertiary/aromatic N) is 2. The Morgan fingerprint density at radius 3 is 2.50 bits per heavy atom. The van der Waals surface area contributed by atoms with Crippen molar-refractivity contribution in [3.05, 3.63) is 57.5 Å². The van der Waals surface area contributed by atoms with Gasteiger partial charge in [0.05, 0.1) is 20.3 Å². The number of hydrogen-bond donors (Lipinski definition) is 0. The molecule has 0 amide bonds. The molecule has 0 saturated heterocycles. The lowest BCUT2D eigenvalue weighted by atomic mass is 10.0. The molecule has 1 fully saturated rings. The molecule has 0 bridgehead atoms. The molecule has 7 nitrogen and oxygen atoms in total. The number of carbonyl (C=O) groups is 1. The summed E-state index contributed by atoms with van der Waals surface area (Å²) >= 11 is 0. The molecule has 0 radical (unpaired) electrons. The van der Waals surface area contributed by atoms with Gasteiger partial charge in [0.25, 0.3) is 5.56 Å². The van der Waals surface area contributed by atoms with E-state index in [1.807, 2.05) is 12.1 Å². The first-order chi connectivity index (χ1) is 16.5. The van der Waals surface area contributed by atoms with Crippen molar-refractivity contribution in [3.8, 4) is 11.5 Å². The number of benzene rings is 1. The Morgan fingerprint density at radius 1 is 1.09 bits per heavy atom. The minimum absolute atomic E-state index is 0.0612. The van der Waals surface area contributed by atoms with Gasteiger partial charge in [-0.2, -0.15) is 0 Å². The van der Waals surface area contributed by atoms with Crippen LogP contribution in [0, 0.1) is 0 Å². The van der Waals surface area contributed by atoms with Gasteiger partial charge in [-0.1, -0.05) is 12.1 Å². The van der Waals surface area contributed by atoms with Gasteiger partial charge in [-0.25, -0.2) is 4.79 Å². The number of pyridine rings is 1. The highest BCUT2D eigenvalue weighted by Gasteiger charge is 2.29. The second kappa shape index (κ2) is 11.1. The van der Waals surface area contributed by atoms with Crippen LogP contribution in [0.4, 0.5) is 0 Å². The number of hydrogen-bond acceptors (Lipinski definition) is 6. The van der Waals surface area contributed by atoms with Crippen LogP contribution in [-0.4, -0.2) is 54.9 Å². The summed E-state index contributed by atoms with van der Waals surface area (Å²) in [4.78, 5) is 28.2. The Kier molecular flexibility index (Phi) is 7.93. The van der Waals surface area contributed by atoms with Gasteiger partial charge in [0, 0.05) is 43.9 Å². The average molecular weight is 469 g/mol. The van der Waals surface area contributed by atoms with Crippen molar-refractivity contribution in [2.75, 3.05) is 27.3 Å². The first kappa shape index (κ1) is 24.3. The molecule has 0 spiro atoms. The van der Waals surface area contributed by atoms with Crippen LogP contribution in [0.5, 0.6) is 11.5 Å². The summed E-state index contributed by atoms with van der Waals surface area (Å²) in [5, 5.41) is 0. The fourth-order valence-corrected chi connectivity index (χ4v) is 5.16. The maximum absolute atomic E-state index is 13.0. The molecule has 2 aromatic rings. The van der Waals surface area contributed by atoms with Gasteiger partial charge >= 0.3 is 5.97 Å². The van der Waals surface area contributed by atoms with Crippen molar-refractivity contribution in [1.82, 2.24) is 9.47 Å². The van der Waals surface area contributed by atoms with E-state index < -0.39 is 5.97 Å². The maximum atomic E-state index is 13.0. The van der Waals surface area contributed by atoms with E-state index in [9.17, 15) is 9.59 Å². The molecule has 2 aliphatic rings. The third-order valence-corrected chi connectivity index (χ3v) is 7.25. The summed E-state index contributed by atoms with van der Waals surface area (Å²) in [6.07, 6.45) is 6.80. The van der Waals surface area contributed by atoms with Gasteiger partial charge in [0.15, 0.2) is 0 Å². The smallest absolute Gasteiger partial charge is 0.343 e. The van der Waals surface area contributed by atoms with E-state index in [4.69, 9.17) is 14.2 Å². The lowest BCUT2D eigenvalue weighted by molar-refractivity contribution is 0.0590. The second-order valence-electron chi connectivity index (χ2n) is 9.36. The number of ether oxygens (including phenoxy) is 3. The minimum Gasteiger partial charge on any atom is -0.497 e. The van der Waals surface area contributed by atoms with Crippen LogP contribution in [0.15, 0.2) is 35.1 Å². The molecule has 1 aromatic carbocycles. The van der Waals surface area contributed by atoms with Crippen molar-refractivity contribution in [1.29, 1.82) is 0 Å². The van der Waals surface area contributed by atoms with Crippen LogP contribution in [0.1, 0.15) is 60.6 Å². The summed E-state index contributed by atoms with van der Waals surface area (Å²) in [5.41, 5.74) is 2.32. The van der Waals surface area contributed by atoms with Crippen LogP contribution in [-0.2, 0) is 24.1 Å². The Balaban J connectivity index is 1.49. The SMILES string of the molecule is COC(=O)c1c(OC2CCCC2)cc(=O)n2c1CCN(C(C)CCc1ccc(OC)cc1)CC2. The highest BCUT2D eigenvalue weighted by molar-refractivity contribution is 5.93. The van der Waals surface area contributed by atoms with Crippen molar-refractivity contribution in [3.63, 3.8) is 0 Å². The summed E-state index contributed by atoms with van der Waals surface area (Å²) < 4.78 is 18.3. The van der Waals surface area contributed by atoms with Gasteiger partial charge in [0.2, 0.25) is 0 Å². The zero-order valence-corrected chi connectivity index (χ0v) is 20.5. The number of carbonyl (C=O) groups excluding carboxylic acids is 1. The summed E-state index contributed by atoms with van der Waals surface area (Å²) in [5.74, 6) is 0.818. The van der Waals surface area contributed by atoms with Crippen LogP contribution in [0.25, 0.3) is 0 Å². The van der Waals surface area contributed by atoms with E-state index in [1.54, 1.807) is 11.7 Å². The molecule has 7 heteroatoms. The highest BCUT2D eigenvalue weighted by atomic mass is 16.5. The molecule has 1 aliphatic carbocycles. The van der Waals surface area contributed by atoms with Crippen molar-refractivity contribution in [2.24, 2.45) is 0 Å². The molecule has 34 heavy (non-hydrogen) atoms. The van der Waals surface area contributed by atoms with E-state index in [2.05, 4.69) is 24.0 Å². The van der Waals surface area contributed by atoms with E-state index in [1.165, 1.54) is 18.7 Å². The Labute approximate surface area is 201 Å². The molecule has 184 valence electrons. The molecule has 4 rings (SSSR count). The van der Waals surface area contributed by atoms with E-state index in [0.717, 1.165) is 63.1 Å². The molecule has 1 atom stereocenters. The van der Waals surface area contributed by atoms with E-state index in [0.29, 0.717) is 30.3 Å². The first-order valence-electron chi connectivity index (χ1n) is 12.4. The highest BCUT2D eigenvalue weighted by Crippen LogP contribution is 2.29. The fourth-order valence-electron chi connectivity index (χ4n) is 5.16. The number of esters is 1. The number of aromatic nitrogens is 1. The van der Waals surface area contributed by atoms with Gasteiger partial charge < -0.3 is 18.8 Å². The third kappa shape index (κ3) is 5.46. The zero-order valence-electron chi connectivity index (χ0n) is 20.5. The first-order valence-corrected chi connectivity index (χ1v) is 12.4. The number of aryl methyl sites for hydroxylation is 1. The van der Waals surface area contributed by atoms with Crippen molar-refractivity contribution in [2.45, 2.75) is 70.6 Å². The largest absolute Gasteiger partial charge is 0.497 e. The van der Waals surface area contributed by atoms with Crippen molar-refractivity contribution < 1.29 is 19.0 Å². The third-order valence-electron chi connectivity index (χ3n) is 7.25. The van der Waals surface area contributed by atoms with E-state index >= 15 is 0 Å². The maximum Gasteiger partial charge on any atom is 0.343 e. The Hall–Kier alpha value is -2.80. The molecule has 1 aromatic heterocycles. The molecule has 1 unspecified atom stereocenters. The number of fused-ring (bicyclic) bond motifs is 1. The zero-order chi connectivity index (χ0) is 24.1. The quantitative estimate of drug-likeness (QED) is 0.548. The van der Waals surface area contributed by atoms with Crippen LogP contribution < -0.4 is 15.0 Å². The topological polar surface area (TPSA) is 70.0 Å². The van der Waals surface area contributed by atoms with Crippen LogP contribution in [0.3, 0.4) is 0 Å². The molecule has 2 heterocycles. The molecular weight excluding hydrogens is 432 g/mol. The van der Waals surface area contributed by atoms with Crippen LogP contribution in [0.2, 0.25) is 0 Å². The van der Waals surface area contributed by atoms with Crippen molar-refractivity contribution >= 4 is 5.97 Å². The predicted molar refractivity (Wildman–Crippen MR) is 131 cm³/mol. The Bertz CT molecular complexity index is 1040. The second-order valence-corrected chi connectivity index (χ2v) is 9.36. The molecule has 0 N–H and O–H groups in total. The lowest BCUT2D eigenvalue weighted by Crippen LogP contribution is -2.36. The van der Waals surface area contributed by atoms with Gasteiger partial charge in [-0.3, -0.25) is 9.69 Å². The van der Waals surface area contributed by atoms with Gasteiger partial charge in [-0.15, -0.1) is 0 Å². The van der Waals surface area contributed by atoms with Gasteiger partial charge in [-0.05, 0) is 63.1 Å². The molecule has 1 saturated carbocycles. The van der Waals surface area contributed by atoms with E-state index in [-0.39, 0.29) is 11.7 Å². The minimum atomic E-state index is -0.433. The normalized spacial score (nSPS) is 17.6. The van der Waals surface area contributed by atoms with Crippen LogP contribution >= 0.6 is 0 Å². The Morgan fingerprint density at radius 2 is 1.82 bits per heavy atom. The molecular formula is C27H36N2O5.